The second-order valence-electron chi connectivity index (χ2n) is 4.61. The highest BCUT2D eigenvalue weighted by Crippen LogP contribution is 2.11. The van der Waals surface area contributed by atoms with Gasteiger partial charge in [0.15, 0.2) is 5.11 Å². The summed E-state index contributed by atoms with van der Waals surface area (Å²) in [6.45, 7) is 2.81. The van der Waals surface area contributed by atoms with Crippen molar-refractivity contribution in [3.8, 4) is 5.75 Å². The molecular formula is C17H19N3OS. The predicted molar refractivity (Wildman–Crippen MR) is 95.6 cm³/mol. The number of benzene rings is 2. The van der Waals surface area contributed by atoms with Crippen molar-refractivity contribution in [3.63, 3.8) is 0 Å². The van der Waals surface area contributed by atoms with Crippen LogP contribution in [-0.2, 0) is 0 Å². The largest absolute Gasteiger partial charge is 0.494 e. The van der Waals surface area contributed by atoms with E-state index in [0.717, 1.165) is 30.0 Å². The normalized spacial score (nSPS) is 10.4. The maximum absolute atomic E-state index is 5.53. The molecule has 0 unspecified atom stereocenters. The smallest absolute Gasteiger partial charge is 0.191 e. The third-order valence-electron chi connectivity index (χ3n) is 2.76. The lowest BCUT2D eigenvalue weighted by Crippen LogP contribution is -2.23. The van der Waals surface area contributed by atoms with E-state index in [9.17, 15) is 0 Å². The summed E-state index contributed by atoms with van der Waals surface area (Å²) in [5.74, 6) is 0.869. The third-order valence-corrected chi connectivity index (χ3v) is 2.96. The summed E-state index contributed by atoms with van der Waals surface area (Å²) in [5, 5.41) is 7.61. The van der Waals surface area contributed by atoms with Crippen molar-refractivity contribution >= 4 is 29.2 Å². The quantitative estimate of drug-likeness (QED) is 0.484. The Balaban J connectivity index is 1.80. The molecule has 4 nitrogen and oxygen atoms in total. The van der Waals surface area contributed by atoms with Gasteiger partial charge in [-0.05, 0) is 60.6 Å². The predicted octanol–water partition coefficient (Wildman–Crippen LogP) is 3.80. The minimum absolute atomic E-state index is 0.449. The molecule has 0 aromatic heterocycles. The highest BCUT2D eigenvalue weighted by atomic mass is 32.1. The minimum atomic E-state index is 0.449. The van der Waals surface area contributed by atoms with E-state index in [2.05, 4.69) is 22.8 Å². The summed E-state index contributed by atoms with van der Waals surface area (Å²) in [5.41, 5.74) is 4.68. The molecule has 5 heteroatoms. The Bertz CT molecular complexity index is 612. The Kier molecular flexibility index (Phi) is 6.39. The van der Waals surface area contributed by atoms with Gasteiger partial charge in [-0.15, -0.1) is 0 Å². The van der Waals surface area contributed by atoms with Gasteiger partial charge in [0.25, 0.3) is 0 Å². The van der Waals surface area contributed by atoms with Gasteiger partial charge in [-0.3, -0.25) is 5.43 Å². The zero-order valence-corrected chi connectivity index (χ0v) is 13.3. The number of rotatable bonds is 6. The van der Waals surface area contributed by atoms with E-state index in [0.29, 0.717) is 5.11 Å². The van der Waals surface area contributed by atoms with Crippen molar-refractivity contribution in [3.05, 3.63) is 60.2 Å². The first kappa shape index (κ1) is 16.0. The molecule has 22 heavy (non-hydrogen) atoms. The molecule has 0 aliphatic carbocycles. The van der Waals surface area contributed by atoms with Crippen LogP contribution in [0.3, 0.4) is 0 Å². The molecule has 0 amide bonds. The average molecular weight is 313 g/mol. The van der Waals surface area contributed by atoms with Crippen molar-refractivity contribution in [2.45, 2.75) is 13.3 Å². The summed E-state index contributed by atoms with van der Waals surface area (Å²) in [6.07, 6.45) is 2.71. The number of ether oxygens (including phenoxy) is 1. The van der Waals surface area contributed by atoms with E-state index in [1.54, 1.807) is 6.21 Å². The fourth-order valence-corrected chi connectivity index (χ4v) is 1.89. The molecule has 0 saturated carbocycles. The van der Waals surface area contributed by atoms with Crippen LogP contribution in [0.15, 0.2) is 59.7 Å². The molecule has 0 aliphatic heterocycles. The summed E-state index contributed by atoms with van der Waals surface area (Å²) >= 11 is 5.16. The second-order valence-corrected chi connectivity index (χ2v) is 5.02. The SMILES string of the molecule is CCCOc1ccc(/C=N\NC(=S)Nc2ccccc2)cc1. The van der Waals surface area contributed by atoms with Gasteiger partial charge in [0.1, 0.15) is 5.75 Å². The van der Waals surface area contributed by atoms with Crippen molar-refractivity contribution < 1.29 is 4.74 Å². The van der Waals surface area contributed by atoms with Crippen molar-refractivity contribution in [1.82, 2.24) is 5.43 Å². The van der Waals surface area contributed by atoms with Crippen molar-refractivity contribution in [2.75, 3.05) is 11.9 Å². The van der Waals surface area contributed by atoms with Gasteiger partial charge in [-0.2, -0.15) is 5.10 Å². The number of hydrogen-bond acceptors (Lipinski definition) is 3. The molecule has 2 N–H and O–H groups in total. The van der Waals surface area contributed by atoms with Crippen LogP contribution >= 0.6 is 12.2 Å². The molecule has 0 bridgehead atoms. The van der Waals surface area contributed by atoms with Crippen molar-refractivity contribution in [2.24, 2.45) is 5.10 Å². The molecule has 114 valence electrons. The van der Waals surface area contributed by atoms with Crippen LogP contribution in [0.4, 0.5) is 5.69 Å². The highest BCUT2D eigenvalue weighted by molar-refractivity contribution is 7.80. The first-order chi connectivity index (χ1) is 10.8. The number of nitrogens with zero attached hydrogens (tertiary/aromatic N) is 1. The van der Waals surface area contributed by atoms with Crippen LogP contribution in [-0.4, -0.2) is 17.9 Å². The standard InChI is InChI=1S/C17H19N3OS/c1-2-12-21-16-10-8-14(9-11-16)13-18-20-17(22)19-15-6-4-3-5-7-15/h3-11,13H,2,12H2,1H3,(H2,19,20,22)/b18-13-. The van der Waals surface area contributed by atoms with Crippen LogP contribution in [0.1, 0.15) is 18.9 Å². The first-order valence-electron chi connectivity index (χ1n) is 7.16. The van der Waals surface area contributed by atoms with E-state index in [-0.39, 0.29) is 0 Å². The molecule has 0 spiro atoms. The lowest BCUT2D eigenvalue weighted by Gasteiger charge is -2.06. The number of para-hydroxylation sites is 1. The van der Waals surface area contributed by atoms with Gasteiger partial charge >= 0.3 is 0 Å². The van der Waals surface area contributed by atoms with E-state index >= 15 is 0 Å². The number of hydrazone groups is 1. The minimum Gasteiger partial charge on any atom is -0.494 e. The van der Waals surface area contributed by atoms with Gasteiger partial charge in [-0.1, -0.05) is 25.1 Å². The first-order valence-corrected chi connectivity index (χ1v) is 7.56. The Morgan fingerprint density at radius 1 is 1.14 bits per heavy atom. The zero-order chi connectivity index (χ0) is 15.6. The lowest BCUT2D eigenvalue weighted by molar-refractivity contribution is 0.317. The molecule has 0 radical (unpaired) electrons. The van der Waals surface area contributed by atoms with Crippen LogP contribution in [0, 0.1) is 0 Å². The maximum Gasteiger partial charge on any atom is 0.191 e. The van der Waals surface area contributed by atoms with Gasteiger partial charge in [0.05, 0.1) is 12.8 Å². The molecule has 2 rings (SSSR count). The molecule has 2 aromatic rings. The molecule has 0 heterocycles. The molecule has 0 aliphatic rings. The monoisotopic (exact) mass is 313 g/mol. The summed E-state index contributed by atoms with van der Waals surface area (Å²) in [6, 6.07) is 17.5. The van der Waals surface area contributed by atoms with Crippen LogP contribution < -0.4 is 15.5 Å². The van der Waals surface area contributed by atoms with Crippen molar-refractivity contribution in [1.29, 1.82) is 0 Å². The van der Waals surface area contributed by atoms with Gasteiger partial charge in [0.2, 0.25) is 0 Å². The number of nitrogens with one attached hydrogen (secondary N) is 2. The van der Waals surface area contributed by atoms with Gasteiger partial charge in [0, 0.05) is 5.69 Å². The summed E-state index contributed by atoms with van der Waals surface area (Å²) in [7, 11) is 0. The lowest BCUT2D eigenvalue weighted by atomic mass is 10.2. The van der Waals surface area contributed by atoms with E-state index in [1.165, 1.54) is 0 Å². The fraction of sp³-hybridized carbons (Fsp3) is 0.176. The Labute approximate surface area is 136 Å². The molecule has 0 fully saturated rings. The number of thiocarbonyl (C=S) groups is 1. The molecule has 2 aromatic carbocycles. The van der Waals surface area contributed by atoms with Crippen LogP contribution in [0.2, 0.25) is 0 Å². The Morgan fingerprint density at radius 2 is 1.86 bits per heavy atom. The number of anilines is 1. The van der Waals surface area contributed by atoms with Gasteiger partial charge < -0.3 is 10.1 Å². The van der Waals surface area contributed by atoms with E-state index in [1.807, 2.05) is 54.6 Å². The zero-order valence-electron chi connectivity index (χ0n) is 12.5. The average Bonchev–Trinajstić information content (AvgIpc) is 2.55. The topological polar surface area (TPSA) is 45.6 Å². The van der Waals surface area contributed by atoms with E-state index in [4.69, 9.17) is 17.0 Å². The van der Waals surface area contributed by atoms with Gasteiger partial charge in [-0.25, -0.2) is 0 Å². The summed E-state index contributed by atoms with van der Waals surface area (Å²) < 4.78 is 5.53. The Morgan fingerprint density at radius 3 is 2.55 bits per heavy atom. The van der Waals surface area contributed by atoms with Crippen LogP contribution in [0.25, 0.3) is 0 Å². The summed E-state index contributed by atoms with van der Waals surface area (Å²) in [4.78, 5) is 0. The third kappa shape index (κ3) is 5.54. The number of hydrogen-bond donors (Lipinski definition) is 2. The fourth-order valence-electron chi connectivity index (χ4n) is 1.72. The second kappa shape index (κ2) is 8.79. The van der Waals surface area contributed by atoms with E-state index < -0.39 is 0 Å². The highest BCUT2D eigenvalue weighted by Gasteiger charge is 1.95. The Hall–Kier alpha value is -2.40. The molecule has 0 saturated heterocycles. The molecule has 0 atom stereocenters. The maximum atomic E-state index is 5.53. The molecular weight excluding hydrogens is 294 g/mol. The van der Waals surface area contributed by atoms with Crippen LogP contribution in [0.5, 0.6) is 5.75 Å².